The molecule has 0 spiro atoms. The van der Waals surface area contributed by atoms with Gasteiger partial charge >= 0.3 is 0 Å². The van der Waals surface area contributed by atoms with E-state index in [-0.39, 0.29) is 17.0 Å². The fraction of sp³-hybridized carbons (Fsp3) is 0.278. The van der Waals surface area contributed by atoms with Crippen molar-refractivity contribution in [3.8, 4) is 0 Å². The van der Waals surface area contributed by atoms with Gasteiger partial charge in [0.05, 0.1) is 12.3 Å². The number of halogens is 1. The first-order valence-electron chi connectivity index (χ1n) is 7.49. The Bertz CT molecular complexity index is 690. The van der Waals surface area contributed by atoms with E-state index in [1.54, 1.807) is 35.9 Å². The topological polar surface area (TPSA) is 29.5 Å². The van der Waals surface area contributed by atoms with Crippen molar-refractivity contribution in [2.45, 2.75) is 16.6 Å². The largest absolute Gasteiger partial charge is 0.383 e. The van der Waals surface area contributed by atoms with Gasteiger partial charge in [0.15, 0.2) is 0 Å². The maximum absolute atomic E-state index is 13.2. The van der Waals surface area contributed by atoms with Crippen LogP contribution in [0.4, 0.5) is 10.1 Å². The molecule has 0 saturated heterocycles. The van der Waals surface area contributed by atoms with Crippen LogP contribution in [0.3, 0.4) is 0 Å². The normalized spacial score (nSPS) is 17.7. The third-order valence-electron chi connectivity index (χ3n) is 3.85. The summed E-state index contributed by atoms with van der Waals surface area (Å²) in [6.45, 7) is 1.02. The lowest BCUT2D eigenvalue weighted by molar-refractivity contribution is -0.118. The smallest absolute Gasteiger partial charge is 0.228 e. The molecule has 0 aliphatic carbocycles. The second-order valence-corrected chi connectivity index (χ2v) is 6.61. The van der Waals surface area contributed by atoms with Gasteiger partial charge in [-0.15, -0.1) is 11.8 Å². The molecule has 2 aromatic carbocycles. The average molecular weight is 331 g/mol. The van der Waals surface area contributed by atoms with Crippen LogP contribution in [0.15, 0.2) is 53.4 Å². The molecule has 1 unspecified atom stereocenters. The van der Waals surface area contributed by atoms with E-state index in [1.807, 2.05) is 24.3 Å². The van der Waals surface area contributed by atoms with Crippen molar-refractivity contribution in [2.24, 2.45) is 0 Å². The summed E-state index contributed by atoms with van der Waals surface area (Å²) in [6.07, 6.45) is 0.384. The average Bonchev–Trinajstić information content (AvgIpc) is 2.70. The molecular weight excluding hydrogens is 313 g/mol. The summed E-state index contributed by atoms with van der Waals surface area (Å²) in [4.78, 5) is 15.6. The number of anilines is 1. The Morgan fingerprint density at radius 1 is 1.22 bits per heavy atom. The molecule has 3 nitrogen and oxygen atoms in total. The molecule has 0 fully saturated rings. The summed E-state index contributed by atoms with van der Waals surface area (Å²) >= 11 is 1.65. The molecule has 2 aromatic rings. The third kappa shape index (κ3) is 3.57. The minimum Gasteiger partial charge on any atom is -0.383 e. The Morgan fingerprint density at radius 2 is 1.96 bits per heavy atom. The van der Waals surface area contributed by atoms with Gasteiger partial charge in [-0.1, -0.05) is 24.3 Å². The number of fused-ring (bicyclic) bond motifs is 1. The lowest BCUT2D eigenvalue weighted by atomic mass is 10.1. The van der Waals surface area contributed by atoms with E-state index >= 15 is 0 Å². The zero-order valence-electron chi connectivity index (χ0n) is 12.9. The third-order valence-corrected chi connectivity index (χ3v) is 5.17. The lowest BCUT2D eigenvalue weighted by Gasteiger charge is -2.22. The van der Waals surface area contributed by atoms with E-state index in [1.165, 1.54) is 12.1 Å². The predicted octanol–water partition coefficient (Wildman–Crippen LogP) is 4.04. The lowest BCUT2D eigenvalue weighted by Crippen LogP contribution is -2.33. The molecule has 0 aromatic heterocycles. The minimum absolute atomic E-state index is 0.0169. The van der Waals surface area contributed by atoms with Gasteiger partial charge in [0.25, 0.3) is 0 Å². The number of carbonyl (C=O) groups is 1. The van der Waals surface area contributed by atoms with Crippen LogP contribution in [-0.2, 0) is 9.53 Å². The number of amides is 1. The van der Waals surface area contributed by atoms with Crippen molar-refractivity contribution in [1.29, 1.82) is 0 Å². The van der Waals surface area contributed by atoms with E-state index in [0.29, 0.717) is 19.6 Å². The standard InChI is InChI=1S/C18H18FNO2S/c1-22-11-10-20-15-4-2-3-5-16(15)23-17(12-18(20)21)13-6-8-14(19)9-7-13/h2-9,17H,10-12H2,1H3. The number of thioether (sulfide) groups is 1. The highest BCUT2D eigenvalue weighted by Gasteiger charge is 2.28. The SMILES string of the molecule is COCCN1C(=O)CC(c2ccc(F)cc2)Sc2ccccc21. The second kappa shape index (κ2) is 7.15. The summed E-state index contributed by atoms with van der Waals surface area (Å²) in [5, 5.41) is -0.0169. The van der Waals surface area contributed by atoms with E-state index < -0.39 is 0 Å². The molecule has 0 saturated carbocycles. The van der Waals surface area contributed by atoms with Gasteiger partial charge in [0, 0.05) is 30.2 Å². The predicted molar refractivity (Wildman–Crippen MR) is 90.3 cm³/mol. The molecular formula is C18H18FNO2S. The van der Waals surface area contributed by atoms with E-state index in [0.717, 1.165) is 16.1 Å². The van der Waals surface area contributed by atoms with Crippen molar-refractivity contribution in [3.63, 3.8) is 0 Å². The van der Waals surface area contributed by atoms with Gasteiger partial charge in [0.2, 0.25) is 5.91 Å². The number of methoxy groups -OCH3 is 1. The summed E-state index contributed by atoms with van der Waals surface area (Å²) in [7, 11) is 1.63. The van der Waals surface area contributed by atoms with Crippen molar-refractivity contribution >= 4 is 23.4 Å². The van der Waals surface area contributed by atoms with Crippen LogP contribution in [0.25, 0.3) is 0 Å². The number of ether oxygens (including phenoxy) is 1. The zero-order valence-corrected chi connectivity index (χ0v) is 13.7. The van der Waals surface area contributed by atoms with Crippen LogP contribution in [0, 0.1) is 5.82 Å². The highest BCUT2D eigenvalue weighted by molar-refractivity contribution is 7.99. The first kappa shape index (κ1) is 16.0. The fourth-order valence-electron chi connectivity index (χ4n) is 2.67. The molecule has 0 bridgehead atoms. The van der Waals surface area contributed by atoms with Crippen LogP contribution in [0.2, 0.25) is 0 Å². The van der Waals surface area contributed by atoms with Crippen LogP contribution in [0.5, 0.6) is 0 Å². The van der Waals surface area contributed by atoms with E-state index in [9.17, 15) is 9.18 Å². The quantitative estimate of drug-likeness (QED) is 0.847. The Balaban J connectivity index is 1.94. The highest BCUT2D eigenvalue weighted by Crippen LogP contribution is 2.45. The number of hydrogen-bond donors (Lipinski definition) is 0. The fourth-order valence-corrected chi connectivity index (χ4v) is 3.95. The van der Waals surface area contributed by atoms with Crippen molar-refractivity contribution in [2.75, 3.05) is 25.2 Å². The maximum Gasteiger partial charge on any atom is 0.228 e. The number of carbonyl (C=O) groups excluding carboxylic acids is 1. The Labute approximate surface area is 139 Å². The van der Waals surface area contributed by atoms with Crippen molar-refractivity contribution in [1.82, 2.24) is 0 Å². The van der Waals surface area contributed by atoms with Crippen LogP contribution in [0.1, 0.15) is 17.2 Å². The molecule has 1 aliphatic heterocycles. The van der Waals surface area contributed by atoms with Crippen molar-refractivity contribution < 1.29 is 13.9 Å². The number of nitrogens with zero attached hydrogens (tertiary/aromatic N) is 1. The molecule has 1 heterocycles. The second-order valence-electron chi connectivity index (χ2n) is 5.37. The van der Waals surface area contributed by atoms with Gasteiger partial charge in [-0.3, -0.25) is 4.79 Å². The summed E-state index contributed by atoms with van der Waals surface area (Å²) in [5.74, 6) is -0.199. The van der Waals surface area contributed by atoms with Gasteiger partial charge < -0.3 is 9.64 Å². The zero-order chi connectivity index (χ0) is 16.2. The first-order chi connectivity index (χ1) is 11.2. The van der Waals surface area contributed by atoms with Crippen LogP contribution >= 0.6 is 11.8 Å². The highest BCUT2D eigenvalue weighted by atomic mass is 32.2. The molecule has 1 aliphatic rings. The van der Waals surface area contributed by atoms with Crippen molar-refractivity contribution in [3.05, 3.63) is 59.9 Å². The van der Waals surface area contributed by atoms with Gasteiger partial charge in [-0.25, -0.2) is 4.39 Å². The van der Waals surface area contributed by atoms with Gasteiger partial charge in [0.1, 0.15) is 5.82 Å². The monoisotopic (exact) mass is 331 g/mol. The molecule has 1 atom stereocenters. The Kier molecular flexibility index (Phi) is 4.98. The first-order valence-corrected chi connectivity index (χ1v) is 8.37. The van der Waals surface area contributed by atoms with Crippen LogP contribution < -0.4 is 4.90 Å². The molecule has 3 rings (SSSR count). The molecule has 1 amide bonds. The summed E-state index contributed by atoms with van der Waals surface area (Å²) in [5.41, 5.74) is 1.89. The molecule has 120 valence electrons. The minimum atomic E-state index is -0.263. The molecule has 0 radical (unpaired) electrons. The van der Waals surface area contributed by atoms with Gasteiger partial charge in [-0.2, -0.15) is 0 Å². The number of hydrogen-bond acceptors (Lipinski definition) is 3. The van der Waals surface area contributed by atoms with Crippen LogP contribution in [-0.4, -0.2) is 26.2 Å². The number of rotatable bonds is 4. The Hall–Kier alpha value is -1.85. The maximum atomic E-state index is 13.2. The Morgan fingerprint density at radius 3 is 2.70 bits per heavy atom. The summed E-state index contributed by atoms with van der Waals surface area (Å²) < 4.78 is 18.3. The molecule has 5 heteroatoms. The molecule has 23 heavy (non-hydrogen) atoms. The molecule has 0 N–H and O–H groups in total. The number of benzene rings is 2. The van der Waals surface area contributed by atoms with Gasteiger partial charge in [-0.05, 0) is 29.8 Å². The van der Waals surface area contributed by atoms with E-state index in [2.05, 4.69) is 0 Å². The summed E-state index contributed by atoms with van der Waals surface area (Å²) in [6, 6.07) is 14.3. The number of para-hydroxylation sites is 1. The van der Waals surface area contributed by atoms with E-state index in [4.69, 9.17) is 4.74 Å².